The molecule has 0 fully saturated rings. The average molecular weight is 775 g/mol. The van der Waals surface area contributed by atoms with Gasteiger partial charge in [0.2, 0.25) is 5.88 Å². The van der Waals surface area contributed by atoms with Crippen LogP contribution in [0.1, 0.15) is 16.1 Å². The van der Waals surface area contributed by atoms with Crippen LogP contribution in [0.4, 0.5) is 5.69 Å². The molecule has 1 amide bonds. The number of aromatic hydroxyl groups is 1. The minimum atomic E-state index is -4.84. The number of amides is 1. The Morgan fingerprint density at radius 2 is 1.13 bits per heavy atom. The molecule has 0 saturated carbocycles. The Kier molecular flexibility index (Phi) is 13.0. The third-order valence-electron chi connectivity index (χ3n) is 7.10. The molecule has 53 heavy (non-hydrogen) atoms. The van der Waals surface area contributed by atoms with Crippen molar-refractivity contribution in [1.82, 2.24) is 9.78 Å². The summed E-state index contributed by atoms with van der Waals surface area (Å²) in [5, 5.41) is 20.3. The zero-order valence-electron chi connectivity index (χ0n) is 27.5. The molecule has 1 aliphatic heterocycles. The first-order valence-corrected chi connectivity index (χ1v) is 17.2. The second-order valence-electron chi connectivity index (χ2n) is 10.4. The maximum atomic E-state index is 13.9. The first-order valence-electron chi connectivity index (χ1n) is 14.3. The first-order chi connectivity index (χ1) is 24.2. The number of ether oxygens (including phenoxy) is 2. The van der Waals surface area contributed by atoms with Crippen molar-refractivity contribution in [3.63, 3.8) is 0 Å². The van der Waals surface area contributed by atoms with Gasteiger partial charge in [-0.2, -0.15) is 19.9 Å². The second kappa shape index (κ2) is 16.7. The van der Waals surface area contributed by atoms with Crippen LogP contribution in [0.25, 0.3) is 11.8 Å². The molecule has 16 nitrogen and oxygen atoms in total. The van der Waals surface area contributed by atoms with Crippen molar-refractivity contribution in [3.8, 4) is 23.1 Å². The Bertz CT molecular complexity index is 2470. The van der Waals surface area contributed by atoms with Crippen molar-refractivity contribution in [2.75, 3.05) is 5.01 Å². The van der Waals surface area contributed by atoms with Gasteiger partial charge in [0.05, 0.1) is 32.3 Å². The van der Waals surface area contributed by atoms with E-state index in [0.717, 1.165) is 59.3 Å². The van der Waals surface area contributed by atoms with Crippen LogP contribution in [0.2, 0.25) is 0 Å². The topological polar surface area (TPSA) is 238 Å². The number of benzene rings is 4. The number of hydrogen-bond acceptors (Lipinski definition) is 14. The van der Waals surface area contributed by atoms with Gasteiger partial charge in [-0.25, -0.2) is 26.4 Å². The summed E-state index contributed by atoms with van der Waals surface area (Å²) in [5.74, 6) is -3.90. The minimum absolute atomic E-state index is 0. The molecule has 0 spiro atoms. The number of hydrogen-bond donors (Lipinski definition) is 1. The molecular formula is C33H20N4Na2O12S2. The van der Waals surface area contributed by atoms with Gasteiger partial charge in [-0.05, 0) is 78.9 Å². The summed E-state index contributed by atoms with van der Waals surface area (Å²) in [6.45, 7) is 0. The number of para-hydroxylation sites is 2. The van der Waals surface area contributed by atoms with Gasteiger partial charge in [-0.1, -0.05) is 36.4 Å². The maximum absolute atomic E-state index is 13.9. The van der Waals surface area contributed by atoms with E-state index in [1.807, 2.05) is 0 Å². The molecule has 20 heteroatoms. The summed E-state index contributed by atoms with van der Waals surface area (Å²) in [5.41, 5.74) is -2.25. The smallest absolute Gasteiger partial charge is 0.744 e. The first kappa shape index (κ1) is 41.3. The second-order valence-corrected chi connectivity index (χ2v) is 13.2. The van der Waals surface area contributed by atoms with Crippen molar-refractivity contribution in [3.05, 3.63) is 126 Å². The maximum Gasteiger partial charge on any atom is 1.00 e. The van der Waals surface area contributed by atoms with E-state index in [2.05, 4.69) is 10.2 Å². The van der Waals surface area contributed by atoms with Gasteiger partial charge in [0.15, 0.2) is 11.4 Å². The number of anilines is 1. The van der Waals surface area contributed by atoms with E-state index in [9.17, 15) is 45.4 Å². The number of nitrogens with zero attached hydrogens (tertiary/aromatic N) is 4. The van der Waals surface area contributed by atoms with Crippen molar-refractivity contribution >= 4 is 55.6 Å². The van der Waals surface area contributed by atoms with E-state index in [4.69, 9.17) is 9.47 Å². The molecule has 1 aromatic heterocycles. The summed E-state index contributed by atoms with van der Waals surface area (Å²) in [4.78, 5) is 39.7. The standard InChI is InChI=1S/C33H22N4O12S2.2Na/c38-30-26(28(32(40)48-22-7-3-1-4-8-22)34-36(30)20-11-15-24(16-12-20)50(42,43)44)19-27-29(33(41)49-23-9-5-2-6-10-23)35-37(31(27)39)21-13-17-25(18-14-21)51(45,46)47;;/h1-19,38H,(H,42,43,44)(H,45,46,47);;/q;2*+1/p-2. The van der Waals surface area contributed by atoms with Crippen LogP contribution in [-0.4, -0.2) is 64.4 Å². The van der Waals surface area contributed by atoms with E-state index >= 15 is 0 Å². The third-order valence-corrected chi connectivity index (χ3v) is 8.80. The SMILES string of the molecule is O=C(Oc1ccccc1)C1=NN(c2ccc(S(=O)(=O)[O-])cc2)C(=O)C1=Cc1c(C(=O)Oc2ccccc2)nn(-c2ccc(S(=O)(=O)[O-])cc2)c1O.[Na+].[Na+]. The van der Waals surface area contributed by atoms with Gasteiger partial charge in [-0.3, -0.25) is 4.79 Å². The Morgan fingerprint density at radius 3 is 1.60 bits per heavy atom. The quantitative estimate of drug-likeness (QED) is 0.0518. The molecule has 2 heterocycles. The van der Waals surface area contributed by atoms with Gasteiger partial charge in [0.1, 0.15) is 31.7 Å². The minimum Gasteiger partial charge on any atom is -0.744 e. The summed E-state index contributed by atoms with van der Waals surface area (Å²) in [7, 11) is -9.67. The summed E-state index contributed by atoms with van der Waals surface area (Å²) >= 11 is 0. The van der Waals surface area contributed by atoms with E-state index < -0.39 is 76.3 Å². The fourth-order valence-electron chi connectivity index (χ4n) is 4.70. The number of aromatic nitrogens is 2. The van der Waals surface area contributed by atoms with Crippen molar-refractivity contribution in [1.29, 1.82) is 0 Å². The molecule has 0 atom stereocenters. The normalized spacial score (nSPS) is 13.5. The van der Waals surface area contributed by atoms with Crippen LogP contribution >= 0.6 is 0 Å². The monoisotopic (exact) mass is 774 g/mol. The predicted octanol–water partition coefficient (Wildman–Crippen LogP) is -2.99. The van der Waals surface area contributed by atoms with E-state index in [1.165, 1.54) is 24.3 Å². The molecule has 0 radical (unpaired) electrons. The molecular weight excluding hydrogens is 754 g/mol. The van der Waals surface area contributed by atoms with Gasteiger partial charge in [0, 0.05) is 0 Å². The number of hydrazone groups is 1. The number of carbonyl (C=O) groups is 3. The van der Waals surface area contributed by atoms with Crippen molar-refractivity contribution in [2.24, 2.45) is 5.10 Å². The van der Waals surface area contributed by atoms with Crippen LogP contribution in [0.3, 0.4) is 0 Å². The van der Waals surface area contributed by atoms with Crippen LogP contribution in [-0.2, 0) is 29.8 Å². The Hall–Kier alpha value is -4.47. The average Bonchev–Trinajstić information content (AvgIpc) is 3.61. The zero-order valence-corrected chi connectivity index (χ0v) is 33.1. The zero-order chi connectivity index (χ0) is 36.5. The van der Waals surface area contributed by atoms with E-state index in [1.54, 1.807) is 36.4 Å². The van der Waals surface area contributed by atoms with Crippen LogP contribution < -0.4 is 73.6 Å². The van der Waals surface area contributed by atoms with Gasteiger partial charge >= 0.3 is 71.1 Å². The molecule has 258 valence electrons. The van der Waals surface area contributed by atoms with Crippen LogP contribution in [0, 0.1) is 0 Å². The number of rotatable bonds is 9. The molecule has 0 bridgehead atoms. The third kappa shape index (κ3) is 9.19. The summed E-state index contributed by atoms with van der Waals surface area (Å²) in [6, 6.07) is 23.7. The molecule has 0 aliphatic carbocycles. The van der Waals surface area contributed by atoms with Gasteiger partial charge < -0.3 is 23.7 Å². The molecule has 0 saturated heterocycles. The summed E-state index contributed by atoms with van der Waals surface area (Å²) in [6.07, 6.45) is 0.931. The molecule has 6 rings (SSSR count). The molecule has 5 aromatic rings. The number of esters is 2. The Labute approximate surface area is 345 Å². The molecule has 0 unspecified atom stereocenters. The molecule has 1 aliphatic rings. The molecule has 1 N–H and O–H groups in total. The summed E-state index contributed by atoms with van der Waals surface area (Å²) < 4.78 is 80.4. The molecule has 4 aromatic carbocycles. The van der Waals surface area contributed by atoms with Crippen LogP contribution in [0.15, 0.2) is 130 Å². The Morgan fingerprint density at radius 1 is 0.679 bits per heavy atom. The van der Waals surface area contributed by atoms with Gasteiger partial charge in [-0.15, -0.1) is 0 Å². The fraction of sp³-hybridized carbons (Fsp3) is 0. The van der Waals surface area contributed by atoms with E-state index in [0.29, 0.717) is 5.01 Å². The predicted molar refractivity (Wildman–Crippen MR) is 174 cm³/mol. The Balaban J connectivity index is 0.00000314. The van der Waals surface area contributed by atoms with Crippen molar-refractivity contribution < 1.29 is 114 Å². The van der Waals surface area contributed by atoms with Gasteiger partial charge in [0.25, 0.3) is 5.91 Å². The van der Waals surface area contributed by atoms with Crippen LogP contribution in [0.5, 0.6) is 17.4 Å². The van der Waals surface area contributed by atoms with E-state index in [-0.39, 0.29) is 82.0 Å². The number of carbonyl (C=O) groups excluding carboxylic acids is 3. The van der Waals surface area contributed by atoms with Crippen molar-refractivity contribution in [2.45, 2.75) is 9.79 Å². The largest absolute Gasteiger partial charge is 1.00 e. The fourth-order valence-corrected chi connectivity index (χ4v) is 5.63.